The Morgan fingerprint density at radius 3 is 2.23 bits per heavy atom. The van der Waals surface area contributed by atoms with Gasteiger partial charge in [-0.25, -0.2) is 4.90 Å². The molecule has 1 aliphatic heterocycles. The van der Waals surface area contributed by atoms with Crippen molar-refractivity contribution in [1.29, 1.82) is 5.26 Å². The molecule has 1 saturated heterocycles. The Morgan fingerprint density at radius 2 is 1.61 bits per heavy atom. The highest BCUT2D eigenvalue weighted by Gasteiger charge is 2.33. The zero-order chi connectivity index (χ0) is 22.0. The molecule has 0 bridgehead atoms. The highest BCUT2D eigenvalue weighted by atomic mass is 35.5. The van der Waals surface area contributed by atoms with Crippen LogP contribution in [0.15, 0.2) is 42.5 Å². The van der Waals surface area contributed by atoms with E-state index in [4.69, 9.17) is 28.5 Å². The number of carbonyl (C=O) groups excluding carboxylic acids is 2. The number of nitriles is 1. The van der Waals surface area contributed by atoms with Crippen LogP contribution in [0, 0.1) is 11.3 Å². The van der Waals surface area contributed by atoms with E-state index in [1.807, 2.05) is 6.07 Å². The van der Waals surface area contributed by atoms with Crippen molar-refractivity contribution in [2.75, 3.05) is 10.2 Å². The third-order valence-corrected chi connectivity index (χ3v) is 5.30. The van der Waals surface area contributed by atoms with Gasteiger partial charge in [-0.05, 0) is 42.0 Å². The Kier molecular flexibility index (Phi) is 5.80. The molecule has 0 unspecified atom stereocenters. The molecule has 0 radical (unpaired) electrons. The third kappa shape index (κ3) is 4.48. The lowest BCUT2D eigenvalue weighted by molar-refractivity contribution is -0.121. The number of nitrogens with zero attached hydrogens (tertiary/aromatic N) is 5. The summed E-state index contributed by atoms with van der Waals surface area (Å²) in [5.41, 5.74) is 1.74. The van der Waals surface area contributed by atoms with Crippen LogP contribution in [0.3, 0.4) is 0 Å². The lowest BCUT2D eigenvalue weighted by atomic mass is 10.1. The largest absolute Gasteiger partial charge is 0.324 e. The second-order valence-corrected chi connectivity index (χ2v) is 7.50. The van der Waals surface area contributed by atoms with Gasteiger partial charge in [0.25, 0.3) is 0 Å². The van der Waals surface area contributed by atoms with Gasteiger partial charge in [0.2, 0.25) is 23.7 Å². The number of rotatable bonds is 5. The van der Waals surface area contributed by atoms with Crippen LogP contribution >= 0.6 is 23.2 Å². The van der Waals surface area contributed by atoms with E-state index >= 15 is 0 Å². The lowest BCUT2D eigenvalue weighted by Crippen LogP contribution is -2.31. The molecule has 3 aromatic rings. The van der Waals surface area contributed by atoms with Gasteiger partial charge in [0.05, 0.1) is 11.6 Å². The van der Waals surface area contributed by atoms with Crippen LogP contribution in [0.1, 0.15) is 29.8 Å². The number of carbonyl (C=O) groups is 2. The average molecular weight is 453 g/mol. The molecule has 0 saturated carbocycles. The van der Waals surface area contributed by atoms with E-state index in [0.717, 1.165) is 4.90 Å². The Bertz CT molecular complexity index is 1190. The molecule has 2 amide bonds. The molecule has 1 fully saturated rings. The molecule has 1 N–H and O–H groups in total. The first-order chi connectivity index (χ1) is 14.9. The molecule has 0 spiro atoms. The summed E-state index contributed by atoms with van der Waals surface area (Å²) in [5.74, 6) is -0.384. The van der Waals surface area contributed by atoms with Crippen LogP contribution in [0.4, 0.5) is 17.6 Å². The predicted molar refractivity (Wildman–Crippen MR) is 115 cm³/mol. The highest BCUT2D eigenvalue weighted by molar-refractivity contribution is 6.36. The van der Waals surface area contributed by atoms with Gasteiger partial charge in [-0.3, -0.25) is 9.59 Å². The quantitative estimate of drug-likeness (QED) is 0.581. The van der Waals surface area contributed by atoms with E-state index in [9.17, 15) is 9.59 Å². The molecule has 2 aromatic carbocycles. The Balaban J connectivity index is 1.74. The van der Waals surface area contributed by atoms with E-state index in [-0.39, 0.29) is 48.8 Å². The molecular formula is C21H14Cl2N6O2. The van der Waals surface area contributed by atoms with E-state index < -0.39 is 0 Å². The SMILES string of the molecule is N#Cc1ccc(Nc2nc(Cc3c(Cl)cccc3Cl)nc(N3C(=O)CCC3=O)n2)cc1. The molecule has 2 heterocycles. The first-order valence-electron chi connectivity index (χ1n) is 9.25. The number of amides is 2. The molecule has 8 nitrogen and oxygen atoms in total. The molecule has 31 heavy (non-hydrogen) atoms. The standard InChI is InChI=1S/C21H14Cl2N6O2/c22-15-2-1-3-16(23)14(15)10-17-26-20(25-13-6-4-12(11-24)5-7-13)28-21(27-17)29-18(30)8-9-19(29)31/h1-7H,8-10H2,(H,25,26,27,28). The lowest BCUT2D eigenvalue weighted by Gasteiger charge is -2.15. The van der Waals surface area contributed by atoms with Crippen molar-refractivity contribution in [3.8, 4) is 6.07 Å². The number of hydrogen-bond acceptors (Lipinski definition) is 7. The average Bonchev–Trinajstić information content (AvgIpc) is 3.09. The van der Waals surface area contributed by atoms with Gasteiger partial charge in [0.1, 0.15) is 5.82 Å². The van der Waals surface area contributed by atoms with Crippen LogP contribution < -0.4 is 10.2 Å². The molecule has 1 aromatic heterocycles. The van der Waals surface area contributed by atoms with Gasteiger partial charge >= 0.3 is 0 Å². The van der Waals surface area contributed by atoms with Gasteiger partial charge in [-0.1, -0.05) is 29.3 Å². The number of hydrogen-bond donors (Lipinski definition) is 1. The number of anilines is 3. The second kappa shape index (κ2) is 8.68. The number of imide groups is 1. The summed E-state index contributed by atoms with van der Waals surface area (Å²) in [6, 6.07) is 13.8. The van der Waals surface area contributed by atoms with Crippen molar-refractivity contribution in [3.05, 3.63) is 69.5 Å². The monoisotopic (exact) mass is 452 g/mol. The minimum absolute atomic E-state index is 0.0585. The van der Waals surface area contributed by atoms with Crippen LogP contribution in [-0.4, -0.2) is 26.8 Å². The predicted octanol–water partition coefficient (Wildman–Crippen LogP) is 4.04. The second-order valence-electron chi connectivity index (χ2n) is 6.69. The number of nitrogens with one attached hydrogen (secondary N) is 1. The highest BCUT2D eigenvalue weighted by Crippen LogP contribution is 2.28. The number of benzene rings is 2. The van der Waals surface area contributed by atoms with Gasteiger partial charge < -0.3 is 5.32 Å². The summed E-state index contributed by atoms with van der Waals surface area (Å²) in [6.07, 6.45) is 0.384. The zero-order valence-corrected chi connectivity index (χ0v) is 17.5. The van der Waals surface area contributed by atoms with E-state index in [2.05, 4.69) is 20.3 Å². The molecule has 0 atom stereocenters. The molecule has 154 valence electrons. The topological polar surface area (TPSA) is 112 Å². The maximum atomic E-state index is 12.2. The first kappa shape index (κ1) is 20.7. The molecule has 4 rings (SSSR count). The third-order valence-electron chi connectivity index (χ3n) is 4.59. The van der Waals surface area contributed by atoms with Crippen molar-refractivity contribution in [1.82, 2.24) is 15.0 Å². The summed E-state index contributed by atoms with van der Waals surface area (Å²) in [7, 11) is 0. The van der Waals surface area contributed by atoms with Gasteiger partial charge in [-0.2, -0.15) is 20.2 Å². The van der Waals surface area contributed by atoms with Gasteiger partial charge in [0.15, 0.2) is 0 Å². The summed E-state index contributed by atoms with van der Waals surface area (Å²) in [4.78, 5) is 38.4. The van der Waals surface area contributed by atoms with Crippen LogP contribution in [0.5, 0.6) is 0 Å². The zero-order valence-electron chi connectivity index (χ0n) is 16.0. The summed E-state index contributed by atoms with van der Waals surface area (Å²) < 4.78 is 0. The van der Waals surface area contributed by atoms with Gasteiger partial charge in [-0.15, -0.1) is 0 Å². The summed E-state index contributed by atoms with van der Waals surface area (Å²) in [6.45, 7) is 0. The molecule has 10 heteroatoms. The van der Waals surface area contributed by atoms with Crippen LogP contribution in [0.25, 0.3) is 0 Å². The van der Waals surface area contributed by atoms with Crippen LogP contribution in [-0.2, 0) is 16.0 Å². The summed E-state index contributed by atoms with van der Waals surface area (Å²) in [5, 5.41) is 12.9. The normalized spacial score (nSPS) is 13.4. The maximum absolute atomic E-state index is 12.2. The fourth-order valence-corrected chi connectivity index (χ4v) is 3.59. The smallest absolute Gasteiger partial charge is 0.244 e. The molecule has 1 aliphatic rings. The Hall–Kier alpha value is -3.54. The van der Waals surface area contributed by atoms with Crippen molar-refractivity contribution < 1.29 is 9.59 Å². The first-order valence-corrected chi connectivity index (χ1v) is 10.0. The van der Waals surface area contributed by atoms with Crippen molar-refractivity contribution in [3.63, 3.8) is 0 Å². The Morgan fingerprint density at radius 1 is 0.968 bits per heavy atom. The van der Waals surface area contributed by atoms with Crippen molar-refractivity contribution >= 4 is 52.6 Å². The fourth-order valence-electron chi connectivity index (χ4n) is 3.06. The maximum Gasteiger partial charge on any atom is 0.244 e. The number of aromatic nitrogens is 3. The minimum atomic E-state index is -0.373. The minimum Gasteiger partial charge on any atom is -0.324 e. The van der Waals surface area contributed by atoms with E-state index in [0.29, 0.717) is 26.9 Å². The van der Waals surface area contributed by atoms with Gasteiger partial charge in [0, 0.05) is 35.0 Å². The summed E-state index contributed by atoms with van der Waals surface area (Å²) >= 11 is 12.5. The molecular weight excluding hydrogens is 439 g/mol. The number of halogens is 2. The van der Waals surface area contributed by atoms with Crippen LogP contribution in [0.2, 0.25) is 10.0 Å². The van der Waals surface area contributed by atoms with Crippen molar-refractivity contribution in [2.45, 2.75) is 19.3 Å². The van der Waals surface area contributed by atoms with E-state index in [1.165, 1.54) is 0 Å². The molecule has 0 aliphatic carbocycles. The van der Waals surface area contributed by atoms with E-state index in [1.54, 1.807) is 42.5 Å². The Labute approximate surface area is 187 Å². The fraction of sp³-hybridized carbons (Fsp3) is 0.143. The van der Waals surface area contributed by atoms with Crippen molar-refractivity contribution in [2.24, 2.45) is 0 Å².